The number of nitrogens with zero attached hydrogens (tertiary/aromatic N) is 1. The van der Waals surface area contributed by atoms with Gasteiger partial charge in [-0.25, -0.2) is 13.4 Å². The van der Waals surface area contributed by atoms with Gasteiger partial charge in [-0.3, -0.25) is 4.72 Å². The molecule has 0 saturated carbocycles. The minimum Gasteiger partial charge on any atom is -0.454 e. The molecule has 0 bridgehead atoms. The Kier molecular flexibility index (Phi) is 2.94. The number of sulfonamides is 1. The molecular weight excluding hydrogens is 302 g/mol. The number of ether oxygens (including phenoxy) is 2. The van der Waals surface area contributed by atoms with Crippen LogP contribution in [0.25, 0.3) is 0 Å². The molecule has 1 aliphatic heterocycles. The zero-order valence-electron chi connectivity index (χ0n) is 10.4. The number of nitrogens with one attached hydrogen (secondary N) is 1. The number of benzene rings is 1. The van der Waals surface area contributed by atoms with Crippen molar-refractivity contribution in [1.29, 1.82) is 0 Å². The van der Waals surface area contributed by atoms with Crippen molar-refractivity contribution < 1.29 is 17.9 Å². The number of rotatable bonds is 3. The third-order valence-electron chi connectivity index (χ3n) is 2.65. The second kappa shape index (κ2) is 4.53. The number of hydrogen-bond acceptors (Lipinski definition) is 7. The van der Waals surface area contributed by atoms with Crippen molar-refractivity contribution in [3.63, 3.8) is 0 Å². The number of thiazole rings is 1. The van der Waals surface area contributed by atoms with Crippen molar-refractivity contribution >= 4 is 32.7 Å². The van der Waals surface area contributed by atoms with E-state index in [1.165, 1.54) is 18.3 Å². The van der Waals surface area contributed by atoms with Gasteiger partial charge in [0.25, 0.3) is 10.0 Å². The molecule has 106 valence electrons. The molecule has 9 heteroatoms. The molecule has 3 rings (SSSR count). The Bertz CT molecular complexity index is 770. The fraction of sp³-hybridized carbons (Fsp3) is 0.182. The summed E-state index contributed by atoms with van der Waals surface area (Å²) in [7, 11) is -3.70. The van der Waals surface area contributed by atoms with Crippen LogP contribution in [0, 0.1) is 6.92 Å². The lowest BCUT2D eigenvalue weighted by molar-refractivity contribution is 0.174. The average Bonchev–Trinajstić information content (AvgIpc) is 2.98. The monoisotopic (exact) mass is 313 g/mol. The average molecular weight is 313 g/mol. The molecule has 0 fully saturated rings. The van der Waals surface area contributed by atoms with Crippen LogP contribution in [0.5, 0.6) is 11.5 Å². The SMILES string of the molecule is Cc1ncc(S(=O)(=O)Nc2cc3c(cc2N)OCO3)s1. The Balaban J connectivity index is 1.95. The Morgan fingerprint density at radius 1 is 1.35 bits per heavy atom. The summed E-state index contributed by atoms with van der Waals surface area (Å²) >= 11 is 1.09. The highest BCUT2D eigenvalue weighted by Gasteiger charge is 2.21. The number of nitrogen functional groups attached to an aromatic ring is 1. The second-order valence-electron chi connectivity index (χ2n) is 4.10. The first-order valence-electron chi connectivity index (χ1n) is 5.60. The van der Waals surface area contributed by atoms with Crippen LogP contribution in [-0.2, 0) is 10.0 Å². The first-order chi connectivity index (χ1) is 9.45. The summed E-state index contributed by atoms with van der Waals surface area (Å²) in [5.41, 5.74) is 6.32. The molecule has 1 aliphatic rings. The first-order valence-corrected chi connectivity index (χ1v) is 7.90. The van der Waals surface area contributed by atoms with Crippen molar-refractivity contribution in [2.45, 2.75) is 11.1 Å². The fourth-order valence-corrected chi connectivity index (χ4v) is 3.89. The molecule has 0 aliphatic carbocycles. The van der Waals surface area contributed by atoms with E-state index in [1.807, 2.05) is 0 Å². The highest BCUT2D eigenvalue weighted by atomic mass is 32.2. The molecule has 7 nitrogen and oxygen atoms in total. The molecule has 20 heavy (non-hydrogen) atoms. The standard InChI is InChI=1S/C11H11N3O4S2/c1-6-13-4-11(19-6)20(15,16)14-8-3-10-9(2-7(8)12)17-5-18-10/h2-4,14H,5,12H2,1H3. The first kappa shape index (κ1) is 13.0. The molecule has 0 saturated heterocycles. The molecule has 2 aromatic rings. The van der Waals surface area contributed by atoms with Crippen LogP contribution >= 0.6 is 11.3 Å². The number of anilines is 2. The van der Waals surface area contributed by atoms with Crippen molar-refractivity contribution in [3.05, 3.63) is 23.3 Å². The molecule has 0 atom stereocenters. The van der Waals surface area contributed by atoms with E-state index in [1.54, 1.807) is 6.92 Å². The Morgan fingerprint density at radius 2 is 2.05 bits per heavy atom. The summed E-state index contributed by atoms with van der Waals surface area (Å²) in [5, 5.41) is 0.670. The lowest BCUT2D eigenvalue weighted by Gasteiger charge is -2.09. The van der Waals surface area contributed by atoms with Crippen molar-refractivity contribution in [2.75, 3.05) is 17.2 Å². The van der Waals surface area contributed by atoms with Gasteiger partial charge >= 0.3 is 0 Å². The number of nitrogens with two attached hydrogens (primary N) is 1. The normalized spacial score (nSPS) is 13.4. The molecule has 0 radical (unpaired) electrons. The van der Waals surface area contributed by atoms with Gasteiger partial charge in [-0.1, -0.05) is 0 Å². The molecule has 0 unspecified atom stereocenters. The molecule has 0 spiro atoms. The van der Waals surface area contributed by atoms with Gasteiger partial charge in [0, 0.05) is 12.1 Å². The van der Waals surface area contributed by atoms with Crippen molar-refractivity contribution in [1.82, 2.24) is 4.98 Å². The lowest BCUT2D eigenvalue weighted by atomic mass is 10.2. The number of aryl methyl sites for hydroxylation is 1. The van der Waals surface area contributed by atoms with Crippen molar-refractivity contribution in [2.24, 2.45) is 0 Å². The van der Waals surface area contributed by atoms with E-state index in [9.17, 15) is 8.42 Å². The maximum Gasteiger partial charge on any atom is 0.273 e. The zero-order chi connectivity index (χ0) is 14.3. The number of aromatic nitrogens is 1. The van der Waals surface area contributed by atoms with Gasteiger partial charge in [0.05, 0.1) is 22.6 Å². The van der Waals surface area contributed by atoms with E-state index in [-0.39, 0.29) is 22.4 Å². The summed E-state index contributed by atoms with van der Waals surface area (Å²) < 4.78 is 37.3. The topological polar surface area (TPSA) is 104 Å². The van der Waals surface area contributed by atoms with E-state index >= 15 is 0 Å². The largest absolute Gasteiger partial charge is 0.454 e. The van der Waals surface area contributed by atoms with Gasteiger partial charge < -0.3 is 15.2 Å². The van der Waals surface area contributed by atoms with Gasteiger partial charge in [-0.05, 0) is 6.92 Å². The van der Waals surface area contributed by atoms with Crippen LogP contribution in [0.1, 0.15) is 5.01 Å². The second-order valence-corrected chi connectivity index (χ2v) is 7.24. The Labute approximate surface area is 119 Å². The lowest BCUT2D eigenvalue weighted by Crippen LogP contribution is -2.12. The fourth-order valence-electron chi connectivity index (χ4n) is 1.71. The summed E-state index contributed by atoms with van der Waals surface area (Å²) in [6, 6.07) is 3.03. The highest BCUT2D eigenvalue weighted by molar-refractivity contribution is 7.94. The van der Waals surface area contributed by atoms with Crippen LogP contribution in [0.2, 0.25) is 0 Å². The zero-order valence-corrected chi connectivity index (χ0v) is 12.0. The van der Waals surface area contributed by atoms with Crippen molar-refractivity contribution in [3.8, 4) is 11.5 Å². The maximum atomic E-state index is 12.2. The van der Waals surface area contributed by atoms with Crippen LogP contribution in [0.4, 0.5) is 11.4 Å². The number of hydrogen-bond donors (Lipinski definition) is 2. The van der Waals surface area contributed by atoms with Crippen LogP contribution < -0.4 is 19.9 Å². The van der Waals surface area contributed by atoms with Gasteiger partial charge in [-0.2, -0.15) is 0 Å². The van der Waals surface area contributed by atoms with E-state index in [4.69, 9.17) is 15.2 Å². The van der Waals surface area contributed by atoms with Gasteiger partial charge in [0.2, 0.25) is 6.79 Å². The summed E-state index contributed by atoms with van der Waals surface area (Å²) in [6.45, 7) is 1.83. The van der Waals surface area contributed by atoms with Crippen LogP contribution in [-0.4, -0.2) is 20.2 Å². The molecule has 3 N–H and O–H groups in total. The summed E-state index contributed by atoms with van der Waals surface area (Å²) in [4.78, 5) is 3.93. The van der Waals surface area contributed by atoms with E-state index < -0.39 is 10.0 Å². The highest BCUT2D eigenvalue weighted by Crippen LogP contribution is 2.39. The van der Waals surface area contributed by atoms with E-state index in [0.717, 1.165) is 11.3 Å². The third kappa shape index (κ3) is 2.25. The Hall–Kier alpha value is -2.00. The van der Waals surface area contributed by atoms with Gasteiger partial charge in [0.15, 0.2) is 15.7 Å². The van der Waals surface area contributed by atoms with E-state index in [0.29, 0.717) is 16.5 Å². The minimum absolute atomic E-state index is 0.0962. The Morgan fingerprint density at radius 3 is 2.70 bits per heavy atom. The summed E-state index contributed by atoms with van der Waals surface area (Å²) in [5.74, 6) is 0.955. The molecule has 2 heterocycles. The van der Waals surface area contributed by atoms with Crippen LogP contribution in [0.15, 0.2) is 22.5 Å². The quantitative estimate of drug-likeness (QED) is 0.834. The molecule has 0 amide bonds. The maximum absolute atomic E-state index is 12.2. The minimum atomic E-state index is -3.70. The number of fused-ring (bicyclic) bond motifs is 1. The third-order valence-corrected chi connectivity index (χ3v) is 5.39. The predicted octanol–water partition coefficient (Wildman–Crippen LogP) is 1.56. The van der Waals surface area contributed by atoms with Gasteiger partial charge in [-0.15, -0.1) is 11.3 Å². The van der Waals surface area contributed by atoms with Crippen LogP contribution in [0.3, 0.4) is 0 Å². The molecular formula is C11H11N3O4S2. The smallest absolute Gasteiger partial charge is 0.273 e. The predicted molar refractivity (Wildman–Crippen MR) is 74.6 cm³/mol. The van der Waals surface area contributed by atoms with Gasteiger partial charge in [0.1, 0.15) is 0 Å². The molecule has 1 aromatic carbocycles. The summed E-state index contributed by atoms with van der Waals surface area (Å²) in [6.07, 6.45) is 1.31. The van der Waals surface area contributed by atoms with E-state index in [2.05, 4.69) is 9.71 Å². The molecule has 1 aromatic heterocycles.